The van der Waals surface area contributed by atoms with Crippen molar-refractivity contribution in [3.63, 3.8) is 0 Å². The van der Waals surface area contributed by atoms with Gasteiger partial charge in [-0.1, -0.05) is 38.4 Å². The highest BCUT2D eigenvalue weighted by molar-refractivity contribution is 6.36. The maximum Gasteiger partial charge on any atom is 0.255 e. The van der Waals surface area contributed by atoms with Crippen molar-refractivity contribution in [2.24, 2.45) is 5.41 Å². The first-order valence-electron chi connectivity index (χ1n) is 8.93. The molecule has 0 radical (unpaired) electrons. The van der Waals surface area contributed by atoms with Crippen molar-refractivity contribution in [1.29, 1.82) is 0 Å². The van der Waals surface area contributed by atoms with E-state index < -0.39 is 5.41 Å². The van der Waals surface area contributed by atoms with E-state index in [1.807, 2.05) is 33.8 Å². The van der Waals surface area contributed by atoms with E-state index in [-0.39, 0.29) is 11.8 Å². The normalized spacial score (nSPS) is 11.3. The molecule has 28 heavy (non-hydrogen) atoms. The number of hydrogen-bond acceptors (Lipinski definition) is 3. The molecule has 0 spiro atoms. The second-order valence-corrected chi connectivity index (χ2v) is 8.10. The van der Waals surface area contributed by atoms with Crippen LogP contribution in [0.3, 0.4) is 0 Å². The van der Waals surface area contributed by atoms with Crippen LogP contribution in [0.15, 0.2) is 48.7 Å². The molecule has 0 atom stereocenters. The number of benzene rings is 2. The summed E-state index contributed by atoms with van der Waals surface area (Å²) in [5, 5.41) is 6.94. The standard InChI is InChI=1S/C22H22ClN3O2/c1-13-11-17(23)19(16-9-6-10-24-18(13)16)26-20(27)14-7-5-8-15(12-14)25-21(28)22(2,3)4/h5-12H,1-4H3,(H,25,28)(H,26,27). The van der Waals surface area contributed by atoms with E-state index in [1.165, 1.54) is 0 Å². The van der Waals surface area contributed by atoms with E-state index in [2.05, 4.69) is 15.6 Å². The second kappa shape index (κ2) is 7.60. The molecule has 0 aliphatic rings. The molecule has 1 aromatic heterocycles. The van der Waals surface area contributed by atoms with Gasteiger partial charge in [-0.2, -0.15) is 0 Å². The predicted molar refractivity (Wildman–Crippen MR) is 114 cm³/mol. The SMILES string of the molecule is Cc1cc(Cl)c(NC(=O)c2cccc(NC(=O)C(C)(C)C)c2)c2cccnc12. The number of amides is 2. The first-order valence-corrected chi connectivity index (χ1v) is 9.31. The number of carbonyl (C=O) groups is 2. The molecule has 2 N–H and O–H groups in total. The molecule has 0 aliphatic carbocycles. The fourth-order valence-electron chi connectivity index (χ4n) is 2.75. The van der Waals surface area contributed by atoms with E-state index in [9.17, 15) is 9.59 Å². The van der Waals surface area contributed by atoms with Crippen LogP contribution in [-0.4, -0.2) is 16.8 Å². The van der Waals surface area contributed by atoms with E-state index in [0.29, 0.717) is 22.0 Å². The summed E-state index contributed by atoms with van der Waals surface area (Å²) in [6.45, 7) is 7.42. The lowest BCUT2D eigenvalue weighted by Gasteiger charge is -2.18. The number of aromatic nitrogens is 1. The summed E-state index contributed by atoms with van der Waals surface area (Å²) in [6, 6.07) is 12.3. The Morgan fingerprint density at radius 3 is 2.50 bits per heavy atom. The van der Waals surface area contributed by atoms with Gasteiger partial charge in [-0.15, -0.1) is 0 Å². The Hall–Kier alpha value is -2.92. The summed E-state index contributed by atoms with van der Waals surface area (Å²) in [6.07, 6.45) is 1.70. The smallest absolute Gasteiger partial charge is 0.255 e. The Balaban J connectivity index is 1.90. The Kier molecular flexibility index (Phi) is 5.38. The van der Waals surface area contributed by atoms with Crippen LogP contribution in [0, 0.1) is 12.3 Å². The Bertz CT molecular complexity index is 1070. The van der Waals surface area contributed by atoms with Crippen molar-refractivity contribution in [2.45, 2.75) is 27.7 Å². The molecule has 0 bridgehead atoms. The van der Waals surface area contributed by atoms with Crippen molar-refractivity contribution < 1.29 is 9.59 Å². The molecule has 6 heteroatoms. The molecule has 2 amide bonds. The van der Waals surface area contributed by atoms with Gasteiger partial charge in [0.25, 0.3) is 5.91 Å². The fraction of sp³-hybridized carbons (Fsp3) is 0.227. The number of aryl methyl sites for hydroxylation is 1. The highest BCUT2D eigenvalue weighted by atomic mass is 35.5. The third-order valence-corrected chi connectivity index (χ3v) is 4.63. The van der Waals surface area contributed by atoms with E-state index in [4.69, 9.17) is 11.6 Å². The third-order valence-electron chi connectivity index (χ3n) is 4.33. The van der Waals surface area contributed by atoms with Gasteiger partial charge in [-0.3, -0.25) is 14.6 Å². The first-order chi connectivity index (χ1) is 13.2. The minimum atomic E-state index is -0.528. The highest BCUT2D eigenvalue weighted by Crippen LogP contribution is 2.33. The molecule has 1 heterocycles. The van der Waals surface area contributed by atoms with Gasteiger partial charge in [0, 0.05) is 28.2 Å². The number of nitrogens with zero attached hydrogens (tertiary/aromatic N) is 1. The maximum absolute atomic E-state index is 12.8. The van der Waals surface area contributed by atoms with Gasteiger partial charge in [0.2, 0.25) is 5.91 Å². The summed E-state index contributed by atoms with van der Waals surface area (Å²) in [5.41, 5.74) is 2.69. The molecule has 3 aromatic rings. The number of fused-ring (bicyclic) bond motifs is 1. The molecule has 5 nitrogen and oxygen atoms in total. The molecule has 0 unspecified atom stereocenters. The van der Waals surface area contributed by atoms with Crippen LogP contribution in [0.25, 0.3) is 10.9 Å². The zero-order valence-corrected chi connectivity index (χ0v) is 17.0. The van der Waals surface area contributed by atoms with Gasteiger partial charge >= 0.3 is 0 Å². The van der Waals surface area contributed by atoms with Crippen LogP contribution in [0.5, 0.6) is 0 Å². The van der Waals surface area contributed by atoms with Crippen LogP contribution in [0.1, 0.15) is 36.7 Å². The summed E-state index contributed by atoms with van der Waals surface area (Å²) in [5.74, 6) is -0.438. The molecule has 0 saturated carbocycles. The Labute approximate surface area is 169 Å². The average molecular weight is 396 g/mol. The molecule has 3 rings (SSSR count). The monoisotopic (exact) mass is 395 g/mol. The number of halogens is 1. The fourth-order valence-corrected chi connectivity index (χ4v) is 3.06. The van der Waals surface area contributed by atoms with E-state index in [1.54, 1.807) is 42.6 Å². The van der Waals surface area contributed by atoms with Gasteiger partial charge < -0.3 is 10.6 Å². The second-order valence-electron chi connectivity index (χ2n) is 7.69. The lowest BCUT2D eigenvalue weighted by Crippen LogP contribution is -2.27. The molecule has 0 aliphatic heterocycles. The van der Waals surface area contributed by atoms with Crippen molar-refractivity contribution in [1.82, 2.24) is 4.98 Å². The number of pyridine rings is 1. The van der Waals surface area contributed by atoms with Gasteiger partial charge in [0.05, 0.1) is 16.2 Å². The summed E-state index contributed by atoms with van der Waals surface area (Å²) in [4.78, 5) is 29.4. The van der Waals surface area contributed by atoms with Gasteiger partial charge in [0.1, 0.15) is 0 Å². The summed E-state index contributed by atoms with van der Waals surface area (Å²) >= 11 is 6.39. The number of nitrogens with one attached hydrogen (secondary N) is 2. The predicted octanol–water partition coefficient (Wildman–Crippen LogP) is 5.43. The van der Waals surface area contributed by atoms with E-state index >= 15 is 0 Å². The Morgan fingerprint density at radius 2 is 1.79 bits per heavy atom. The van der Waals surface area contributed by atoms with Crippen molar-refractivity contribution >= 4 is 45.7 Å². The molecule has 0 fully saturated rings. The first kappa shape index (κ1) is 19.8. The molecule has 144 valence electrons. The molecular formula is C22H22ClN3O2. The third kappa shape index (κ3) is 4.15. The number of anilines is 2. The van der Waals surface area contributed by atoms with E-state index in [0.717, 1.165) is 16.5 Å². The number of rotatable bonds is 3. The quantitative estimate of drug-likeness (QED) is 0.620. The summed E-state index contributed by atoms with van der Waals surface area (Å²) < 4.78 is 0. The van der Waals surface area contributed by atoms with Crippen LogP contribution >= 0.6 is 11.6 Å². The van der Waals surface area contributed by atoms with Crippen LogP contribution in [-0.2, 0) is 4.79 Å². The van der Waals surface area contributed by atoms with Crippen molar-refractivity contribution in [3.8, 4) is 0 Å². The minimum absolute atomic E-state index is 0.122. The Morgan fingerprint density at radius 1 is 1.04 bits per heavy atom. The van der Waals surface area contributed by atoms with Gasteiger partial charge in [0.15, 0.2) is 0 Å². The van der Waals surface area contributed by atoms with Crippen LogP contribution in [0.4, 0.5) is 11.4 Å². The van der Waals surface area contributed by atoms with Crippen molar-refractivity contribution in [3.05, 3.63) is 64.8 Å². The number of hydrogen-bond donors (Lipinski definition) is 2. The average Bonchev–Trinajstić information content (AvgIpc) is 2.64. The maximum atomic E-state index is 12.8. The lowest BCUT2D eigenvalue weighted by atomic mass is 9.95. The minimum Gasteiger partial charge on any atom is -0.326 e. The molecule has 0 saturated heterocycles. The zero-order chi connectivity index (χ0) is 20.5. The summed E-state index contributed by atoms with van der Waals surface area (Å²) in [7, 11) is 0. The number of carbonyl (C=O) groups excluding carboxylic acids is 2. The highest BCUT2D eigenvalue weighted by Gasteiger charge is 2.21. The largest absolute Gasteiger partial charge is 0.326 e. The zero-order valence-electron chi connectivity index (χ0n) is 16.3. The van der Waals surface area contributed by atoms with Crippen molar-refractivity contribution in [2.75, 3.05) is 10.6 Å². The van der Waals surface area contributed by atoms with Gasteiger partial charge in [-0.25, -0.2) is 0 Å². The topological polar surface area (TPSA) is 71.1 Å². The molecule has 2 aromatic carbocycles. The van der Waals surface area contributed by atoms with Crippen LogP contribution < -0.4 is 10.6 Å². The molecular weight excluding hydrogens is 374 g/mol. The lowest BCUT2D eigenvalue weighted by molar-refractivity contribution is -0.123. The van der Waals surface area contributed by atoms with Gasteiger partial charge in [-0.05, 0) is 48.9 Å². The van der Waals surface area contributed by atoms with Crippen LogP contribution in [0.2, 0.25) is 5.02 Å².